The average Bonchev–Trinajstić information content (AvgIpc) is 3.73. The van der Waals surface area contributed by atoms with Crippen molar-refractivity contribution in [2.45, 2.75) is 0 Å². The number of thiophene rings is 2. The minimum Gasteiger partial charge on any atom is -0.264 e. The Labute approximate surface area is 283 Å². The van der Waals surface area contributed by atoms with Crippen molar-refractivity contribution >= 4 is 106 Å². The Bertz CT molecular complexity index is 2890. The molecule has 11 aromatic rings. The summed E-state index contributed by atoms with van der Waals surface area (Å²) in [5, 5.41) is 15.4. The Morgan fingerprint density at radius 3 is 1.33 bits per heavy atom. The molecule has 7 aromatic carbocycles. The number of hydrogen-bond acceptors (Lipinski definition) is 4. The molecule has 2 nitrogen and oxygen atoms in total. The number of pyridine rings is 2. The predicted octanol–water partition coefficient (Wildman–Crippen LogP) is 13.2. The molecular weight excluding hydrogens is 621 g/mol. The normalized spacial score (nSPS) is 12.2. The molecule has 0 atom stereocenters. The molecule has 0 aliphatic rings. The molecule has 0 saturated carbocycles. The van der Waals surface area contributed by atoms with E-state index in [0.717, 1.165) is 11.1 Å². The van der Waals surface area contributed by atoms with Gasteiger partial charge in [0.15, 0.2) is 0 Å². The highest BCUT2D eigenvalue weighted by atomic mass is 32.1. The van der Waals surface area contributed by atoms with Crippen LogP contribution in [0.2, 0.25) is 0 Å². The molecule has 0 aliphatic heterocycles. The SMILES string of the molecule is c1cncc(-c2cc3cc4cc(-c5cccnc5)c5c(ccc6sc7ccccc7c65)c4cc3c3ccc4sc5ccccc5c4c23)c1. The van der Waals surface area contributed by atoms with Gasteiger partial charge in [-0.25, -0.2) is 0 Å². The summed E-state index contributed by atoms with van der Waals surface area (Å²) in [5.74, 6) is 0. The Hall–Kier alpha value is -5.68. The quantitative estimate of drug-likeness (QED) is 0.138. The van der Waals surface area contributed by atoms with Gasteiger partial charge in [0.25, 0.3) is 0 Å². The number of fused-ring (bicyclic) bond motifs is 14. The fourth-order valence-corrected chi connectivity index (χ4v) is 10.2. The molecule has 4 heteroatoms. The zero-order chi connectivity index (χ0) is 31.3. The molecule has 0 unspecified atom stereocenters. The molecule has 4 heterocycles. The third-order valence-corrected chi connectivity index (χ3v) is 12.2. The van der Waals surface area contributed by atoms with Gasteiger partial charge in [-0.2, -0.15) is 0 Å². The Morgan fingerprint density at radius 2 is 0.854 bits per heavy atom. The van der Waals surface area contributed by atoms with Gasteiger partial charge < -0.3 is 0 Å². The summed E-state index contributed by atoms with van der Waals surface area (Å²) in [4.78, 5) is 9.09. The molecule has 0 amide bonds. The van der Waals surface area contributed by atoms with E-state index in [0.29, 0.717) is 0 Å². The maximum Gasteiger partial charge on any atom is 0.0362 e. The fraction of sp³-hybridized carbons (Fsp3) is 0. The van der Waals surface area contributed by atoms with E-state index in [1.54, 1.807) is 0 Å². The molecule has 0 saturated heterocycles. The summed E-state index contributed by atoms with van der Waals surface area (Å²) in [7, 11) is 0. The molecular formula is C44H24N2S2. The zero-order valence-electron chi connectivity index (χ0n) is 25.6. The van der Waals surface area contributed by atoms with Crippen molar-refractivity contribution in [2.24, 2.45) is 0 Å². The first-order valence-corrected chi connectivity index (χ1v) is 17.8. The van der Waals surface area contributed by atoms with E-state index in [9.17, 15) is 0 Å². The van der Waals surface area contributed by atoms with E-state index in [2.05, 4.69) is 119 Å². The molecule has 0 aliphatic carbocycles. The second kappa shape index (κ2) is 9.91. The third kappa shape index (κ3) is 3.67. The van der Waals surface area contributed by atoms with Gasteiger partial charge in [-0.15, -0.1) is 22.7 Å². The van der Waals surface area contributed by atoms with Crippen LogP contribution < -0.4 is 0 Å². The van der Waals surface area contributed by atoms with Crippen LogP contribution in [0.4, 0.5) is 0 Å². The van der Waals surface area contributed by atoms with Crippen LogP contribution in [0, 0.1) is 0 Å². The lowest BCUT2D eigenvalue weighted by atomic mass is 9.87. The van der Waals surface area contributed by atoms with Crippen LogP contribution >= 0.6 is 22.7 Å². The minimum absolute atomic E-state index is 1.13. The molecule has 48 heavy (non-hydrogen) atoms. The highest BCUT2D eigenvalue weighted by molar-refractivity contribution is 7.26. The lowest BCUT2D eigenvalue weighted by Gasteiger charge is -2.16. The van der Waals surface area contributed by atoms with Gasteiger partial charge in [-0.3, -0.25) is 9.97 Å². The van der Waals surface area contributed by atoms with Crippen molar-refractivity contribution in [2.75, 3.05) is 0 Å². The first-order valence-electron chi connectivity index (χ1n) is 16.1. The van der Waals surface area contributed by atoms with Crippen molar-refractivity contribution < 1.29 is 0 Å². The second-order valence-electron chi connectivity index (χ2n) is 12.5. The number of rotatable bonds is 2. The average molecular weight is 645 g/mol. The summed E-state index contributed by atoms with van der Waals surface area (Å²) in [5.41, 5.74) is 4.71. The summed E-state index contributed by atoms with van der Waals surface area (Å²) >= 11 is 3.75. The summed E-state index contributed by atoms with van der Waals surface area (Å²) in [6, 6.07) is 45.1. The minimum atomic E-state index is 1.13. The molecule has 0 radical (unpaired) electrons. The standard InChI is InChI=1S/C44H24N2S2/c1-3-11-37-31(9-1)43-39(47-37)15-13-29-33-22-34-28(19-27(33)20-35(41(29)43)25-7-5-17-45-23-25)21-36(26-8-6-18-46-24-26)42-30(34)14-16-40-44(42)32-10-2-4-12-38(32)48-40/h1-24H. The van der Waals surface area contributed by atoms with E-state index in [1.807, 2.05) is 59.6 Å². The topological polar surface area (TPSA) is 25.8 Å². The van der Waals surface area contributed by atoms with Crippen LogP contribution in [0.1, 0.15) is 0 Å². The van der Waals surface area contributed by atoms with Crippen molar-refractivity contribution in [1.82, 2.24) is 9.97 Å². The Kier molecular flexibility index (Phi) is 5.45. The lowest BCUT2D eigenvalue weighted by molar-refractivity contribution is 1.33. The molecule has 0 N–H and O–H groups in total. The number of aromatic nitrogens is 2. The van der Waals surface area contributed by atoms with Gasteiger partial charge in [0.05, 0.1) is 0 Å². The van der Waals surface area contributed by atoms with Gasteiger partial charge in [-0.1, -0.05) is 60.7 Å². The highest BCUT2D eigenvalue weighted by Gasteiger charge is 2.19. The van der Waals surface area contributed by atoms with E-state index in [-0.39, 0.29) is 0 Å². The summed E-state index contributed by atoms with van der Waals surface area (Å²) in [6.45, 7) is 0. The number of nitrogens with zero attached hydrogens (tertiary/aromatic N) is 2. The molecule has 222 valence electrons. The van der Waals surface area contributed by atoms with Crippen LogP contribution in [-0.2, 0) is 0 Å². The van der Waals surface area contributed by atoms with Gasteiger partial charge in [0, 0.05) is 76.3 Å². The van der Waals surface area contributed by atoms with Crippen LogP contribution in [0.3, 0.4) is 0 Å². The summed E-state index contributed by atoms with van der Waals surface area (Å²) < 4.78 is 5.26. The monoisotopic (exact) mass is 644 g/mol. The number of hydrogen-bond donors (Lipinski definition) is 0. The van der Waals surface area contributed by atoms with E-state index in [4.69, 9.17) is 0 Å². The van der Waals surface area contributed by atoms with Gasteiger partial charge in [-0.05, 0) is 115 Å². The van der Waals surface area contributed by atoms with Crippen molar-refractivity contribution in [3.8, 4) is 22.3 Å². The smallest absolute Gasteiger partial charge is 0.0362 e. The molecule has 11 rings (SSSR count). The maximum absolute atomic E-state index is 4.55. The Balaban J connectivity index is 1.35. The van der Waals surface area contributed by atoms with Gasteiger partial charge in [0.2, 0.25) is 0 Å². The first kappa shape index (κ1) is 26.4. The molecule has 4 aromatic heterocycles. The third-order valence-electron chi connectivity index (χ3n) is 9.97. The van der Waals surface area contributed by atoms with Crippen LogP contribution in [0.5, 0.6) is 0 Å². The van der Waals surface area contributed by atoms with Crippen molar-refractivity contribution in [1.29, 1.82) is 0 Å². The summed E-state index contributed by atoms with van der Waals surface area (Å²) in [6.07, 6.45) is 7.71. The van der Waals surface area contributed by atoms with Gasteiger partial charge >= 0.3 is 0 Å². The highest BCUT2D eigenvalue weighted by Crippen LogP contribution is 2.48. The van der Waals surface area contributed by atoms with E-state index < -0.39 is 0 Å². The van der Waals surface area contributed by atoms with E-state index in [1.165, 1.54) is 94.6 Å². The predicted molar refractivity (Wildman–Crippen MR) is 209 cm³/mol. The van der Waals surface area contributed by atoms with E-state index >= 15 is 0 Å². The second-order valence-corrected chi connectivity index (χ2v) is 14.7. The maximum atomic E-state index is 4.55. The van der Waals surface area contributed by atoms with Crippen molar-refractivity contribution in [3.63, 3.8) is 0 Å². The fourth-order valence-electron chi connectivity index (χ4n) is 7.94. The van der Waals surface area contributed by atoms with Crippen LogP contribution in [0.25, 0.3) is 106 Å². The number of benzene rings is 7. The van der Waals surface area contributed by atoms with Gasteiger partial charge in [0.1, 0.15) is 0 Å². The van der Waals surface area contributed by atoms with Crippen molar-refractivity contribution in [3.05, 3.63) is 146 Å². The zero-order valence-corrected chi connectivity index (χ0v) is 27.2. The molecule has 0 bridgehead atoms. The van der Waals surface area contributed by atoms with Crippen LogP contribution in [-0.4, -0.2) is 9.97 Å². The lowest BCUT2D eigenvalue weighted by Crippen LogP contribution is -1.90. The molecule has 0 fully saturated rings. The first-order chi connectivity index (χ1) is 23.8. The Morgan fingerprint density at radius 1 is 0.354 bits per heavy atom. The van der Waals surface area contributed by atoms with Crippen LogP contribution in [0.15, 0.2) is 146 Å². The molecule has 0 spiro atoms. The largest absolute Gasteiger partial charge is 0.264 e.